The van der Waals surface area contributed by atoms with Gasteiger partial charge in [-0.05, 0) is 29.8 Å². The Morgan fingerprint density at radius 2 is 1.92 bits per heavy atom. The van der Waals surface area contributed by atoms with Crippen LogP contribution in [0.25, 0.3) is 0 Å². The minimum absolute atomic E-state index is 0.0248. The van der Waals surface area contributed by atoms with E-state index in [-0.39, 0.29) is 30.1 Å². The molecule has 13 heteroatoms. The van der Waals surface area contributed by atoms with Crippen LogP contribution in [0.15, 0.2) is 59.4 Å². The van der Waals surface area contributed by atoms with Gasteiger partial charge in [-0.3, -0.25) is 14.6 Å². The predicted molar refractivity (Wildman–Crippen MR) is 122 cm³/mol. The Kier molecular flexibility index (Phi) is 8.27. The molecule has 2 aromatic rings. The molecule has 9 nitrogen and oxygen atoms in total. The van der Waals surface area contributed by atoms with Crippen LogP contribution in [0.3, 0.4) is 0 Å². The number of nitrogens with one attached hydrogen (secondary N) is 2. The summed E-state index contributed by atoms with van der Waals surface area (Å²) in [6.07, 6.45) is -3.22. The SMILES string of the molecule is COc1ccc(C(=O)NCCN(N)/C=C(\[NH3+])C(=O)NC(C2=NC2)c2ccc(C(F)(F)F)cc2)c(F)c1. The maximum atomic E-state index is 14.0. The number of carbonyl (C=O) groups excluding carboxylic acids is 2. The first-order chi connectivity index (χ1) is 17.0. The van der Waals surface area contributed by atoms with Gasteiger partial charge in [0.25, 0.3) is 5.91 Å². The first kappa shape index (κ1) is 26.6. The minimum Gasteiger partial charge on any atom is -0.497 e. The van der Waals surface area contributed by atoms with Crippen molar-refractivity contribution in [2.45, 2.75) is 12.2 Å². The Bertz CT molecular complexity index is 1180. The Labute approximate surface area is 203 Å². The number of hydrazine groups is 1. The van der Waals surface area contributed by atoms with E-state index in [1.54, 1.807) is 0 Å². The number of aliphatic imine (C=N–C) groups is 1. The van der Waals surface area contributed by atoms with Crippen molar-refractivity contribution < 1.29 is 37.6 Å². The first-order valence-corrected chi connectivity index (χ1v) is 10.7. The summed E-state index contributed by atoms with van der Waals surface area (Å²) in [7, 11) is 1.38. The van der Waals surface area contributed by atoms with Crippen molar-refractivity contribution in [1.29, 1.82) is 0 Å². The van der Waals surface area contributed by atoms with Crippen LogP contribution in [0.2, 0.25) is 0 Å². The summed E-state index contributed by atoms with van der Waals surface area (Å²) in [4.78, 5) is 28.8. The molecular weight excluding hydrogens is 484 g/mol. The van der Waals surface area contributed by atoms with Crippen LogP contribution < -0.4 is 26.9 Å². The summed E-state index contributed by atoms with van der Waals surface area (Å²) in [6, 6.07) is 7.57. The lowest BCUT2D eigenvalue weighted by molar-refractivity contribution is -0.300. The fraction of sp³-hybridized carbons (Fsp3) is 0.261. The maximum absolute atomic E-state index is 14.0. The molecule has 7 N–H and O–H groups in total. The Balaban J connectivity index is 1.54. The van der Waals surface area contributed by atoms with E-state index in [2.05, 4.69) is 21.4 Å². The topological polar surface area (TPSA) is 137 Å². The van der Waals surface area contributed by atoms with Crippen molar-refractivity contribution in [3.05, 3.63) is 76.9 Å². The van der Waals surface area contributed by atoms with Gasteiger partial charge in [0.2, 0.25) is 5.70 Å². The molecule has 0 saturated carbocycles. The molecule has 3 rings (SSSR count). The van der Waals surface area contributed by atoms with Gasteiger partial charge in [0.1, 0.15) is 11.6 Å². The molecule has 1 unspecified atom stereocenters. The third-order valence-electron chi connectivity index (χ3n) is 5.21. The summed E-state index contributed by atoms with van der Waals surface area (Å²) in [5, 5.41) is 6.32. The molecule has 192 valence electrons. The highest BCUT2D eigenvalue weighted by Gasteiger charge is 2.32. The molecule has 0 spiro atoms. The largest absolute Gasteiger partial charge is 0.497 e. The smallest absolute Gasteiger partial charge is 0.416 e. The lowest BCUT2D eigenvalue weighted by Crippen LogP contribution is -2.56. The molecule has 0 aliphatic carbocycles. The van der Waals surface area contributed by atoms with E-state index in [0.717, 1.165) is 23.2 Å². The number of hydrogen-bond acceptors (Lipinski definition) is 6. The standard InChI is InChI=1S/C23H24F4N6O3/c1-36-15-6-7-16(17(24)10-15)21(34)30-8-9-33(29)12-18(28)22(35)32-20(19-11-31-19)13-2-4-14(5-3-13)23(25,26)27/h2-7,10,12,20H,8-9,11,28-29H2,1H3,(H,30,34)(H,32,35)/p+1/b18-12-. The number of ether oxygens (including phenoxy) is 1. The normalized spacial score (nSPS) is 14.0. The average molecular weight is 509 g/mol. The quantitative estimate of drug-likeness (QED) is 0.165. The van der Waals surface area contributed by atoms with Crippen LogP contribution in [-0.2, 0) is 11.0 Å². The van der Waals surface area contributed by atoms with E-state index >= 15 is 0 Å². The minimum atomic E-state index is -4.47. The van der Waals surface area contributed by atoms with Gasteiger partial charge in [-0.1, -0.05) is 12.1 Å². The van der Waals surface area contributed by atoms with Crippen molar-refractivity contribution in [1.82, 2.24) is 15.6 Å². The zero-order valence-corrected chi connectivity index (χ0v) is 19.2. The highest BCUT2D eigenvalue weighted by molar-refractivity contribution is 6.04. The van der Waals surface area contributed by atoms with Crippen LogP contribution in [-0.4, -0.2) is 49.3 Å². The number of benzene rings is 2. The van der Waals surface area contributed by atoms with E-state index in [1.165, 1.54) is 37.6 Å². The zero-order valence-electron chi connectivity index (χ0n) is 19.2. The van der Waals surface area contributed by atoms with Crippen LogP contribution in [0.4, 0.5) is 17.6 Å². The molecule has 0 saturated heterocycles. The zero-order chi connectivity index (χ0) is 26.5. The summed E-state index contributed by atoms with van der Waals surface area (Å²) in [6.45, 7) is 0.502. The molecule has 1 aliphatic rings. The molecule has 0 aromatic heterocycles. The summed E-state index contributed by atoms with van der Waals surface area (Å²) >= 11 is 0. The van der Waals surface area contributed by atoms with Gasteiger partial charge in [0, 0.05) is 12.6 Å². The maximum Gasteiger partial charge on any atom is 0.416 e. The van der Waals surface area contributed by atoms with E-state index < -0.39 is 35.4 Å². The number of carbonyl (C=O) groups is 2. The van der Waals surface area contributed by atoms with Crippen molar-refractivity contribution in [2.75, 3.05) is 26.7 Å². The van der Waals surface area contributed by atoms with Gasteiger partial charge < -0.3 is 26.1 Å². The predicted octanol–water partition coefficient (Wildman–Crippen LogP) is 1.15. The molecular formula is C23H25F4N6O3+. The fourth-order valence-electron chi connectivity index (χ4n) is 3.20. The van der Waals surface area contributed by atoms with Gasteiger partial charge >= 0.3 is 12.1 Å². The van der Waals surface area contributed by atoms with Crippen LogP contribution >= 0.6 is 0 Å². The van der Waals surface area contributed by atoms with Gasteiger partial charge in [-0.25, -0.2) is 10.2 Å². The number of alkyl halides is 3. The van der Waals surface area contributed by atoms with Crippen LogP contribution in [0, 0.1) is 5.82 Å². The third-order valence-corrected chi connectivity index (χ3v) is 5.21. The molecule has 1 aliphatic heterocycles. The third kappa shape index (κ3) is 7.02. The number of nitrogens with two attached hydrogens (primary N) is 1. The summed E-state index contributed by atoms with van der Waals surface area (Å²) in [5.41, 5.74) is 3.74. The summed E-state index contributed by atoms with van der Waals surface area (Å²) < 4.78 is 57.4. The lowest BCUT2D eigenvalue weighted by atomic mass is 10.0. The highest BCUT2D eigenvalue weighted by Crippen LogP contribution is 2.30. The second kappa shape index (κ2) is 11.2. The van der Waals surface area contributed by atoms with E-state index in [9.17, 15) is 27.2 Å². The molecule has 2 aromatic carbocycles. The number of nitrogens with zero attached hydrogens (tertiary/aromatic N) is 2. The van der Waals surface area contributed by atoms with Crippen molar-refractivity contribution in [3.8, 4) is 5.75 Å². The number of methoxy groups -OCH3 is 1. The van der Waals surface area contributed by atoms with Gasteiger partial charge in [0.15, 0.2) is 0 Å². The number of amides is 2. The number of quaternary nitrogens is 1. The molecule has 2 amide bonds. The second-order valence-corrected chi connectivity index (χ2v) is 7.83. The fourth-order valence-corrected chi connectivity index (χ4v) is 3.20. The van der Waals surface area contributed by atoms with Crippen molar-refractivity contribution in [3.63, 3.8) is 0 Å². The van der Waals surface area contributed by atoms with Crippen molar-refractivity contribution in [2.24, 2.45) is 10.8 Å². The van der Waals surface area contributed by atoms with Crippen LogP contribution in [0.5, 0.6) is 5.75 Å². The molecule has 0 bridgehead atoms. The summed E-state index contributed by atoms with van der Waals surface area (Å²) in [5.74, 6) is 4.13. The van der Waals surface area contributed by atoms with E-state index in [0.29, 0.717) is 17.8 Å². The number of halogens is 4. The number of rotatable bonds is 10. The molecule has 0 fully saturated rings. The molecule has 1 heterocycles. The van der Waals surface area contributed by atoms with E-state index in [4.69, 9.17) is 10.6 Å². The molecule has 0 radical (unpaired) electrons. The van der Waals surface area contributed by atoms with Crippen molar-refractivity contribution >= 4 is 17.5 Å². The molecule has 1 atom stereocenters. The van der Waals surface area contributed by atoms with Gasteiger partial charge in [-0.2, -0.15) is 13.2 Å². The monoisotopic (exact) mass is 509 g/mol. The van der Waals surface area contributed by atoms with Gasteiger partial charge in [0.05, 0.1) is 49.3 Å². The number of hydrogen-bond donors (Lipinski definition) is 4. The highest BCUT2D eigenvalue weighted by atomic mass is 19.4. The second-order valence-electron chi connectivity index (χ2n) is 7.83. The molecule has 36 heavy (non-hydrogen) atoms. The average Bonchev–Trinajstić information content (AvgIpc) is 3.67. The van der Waals surface area contributed by atoms with E-state index in [1.807, 2.05) is 0 Å². The first-order valence-electron chi connectivity index (χ1n) is 10.7. The van der Waals surface area contributed by atoms with Crippen LogP contribution in [0.1, 0.15) is 27.5 Å². The lowest BCUT2D eigenvalue weighted by Gasteiger charge is -2.17. The van der Waals surface area contributed by atoms with Gasteiger partial charge in [-0.15, -0.1) is 0 Å². The Hall–Kier alpha value is -3.97. The Morgan fingerprint density at radius 1 is 1.25 bits per heavy atom. The Morgan fingerprint density at radius 3 is 2.47 bits per heavy atom.